The monoisotopic (exact) mass is 356 g/mol. The van der Waals surface area contributed by atoms with E-state index in [0.717, 1.165) is 26.8 Å². The molecule has 0 atom stereocenters. The Morgan fingerprint density at radius 2 is 1.82 bits per heavy atom. The fourth-order valence-corrected chi connectivity index (χ4v) is 2.54. The Morgan fingerprint density at radius 3 is 2.55 bits per heavy atom. The molecule has 1 aromatic heterocycles. The lowest BCUT2D eigenvalue weighted by Crippen LogP contribution is -2.04. The molecule has 3 aromatic rings. The second-order valence-corrected chi connectivity index (χ2v) is 6.39. The zero-order valence-corrected chi connectivity index (χ0v) is 14.2. The minimum absolute atomic E-state index is 0.257. The topological polar surface area (TPSA) is 35.0 Å². The summed E-state index contributed by atoms with van der Waals surface area (Å²) in [6, 6.07) is 16.1. The van der Waals surface area contributed by atoms with Gasteiger partial charge >= 0.3 is 0 Å². The normalized spacial score (nSPS) is 11.1. The second kappa shape index (κ2) is 6.44. The van der Waals surface area contributed by atoms with Crippen LogP contribution in [0.5, 0.6) is 5.88 Å². The summed E-state index contributed by atoms with van der Waals surface area (Å²) in [5.74, 6) is 1.70. The first-order chi connectivity index (χ1) is 10.6. The Bertz CT molecular complexity index is 788. The molecular weight excluding hydrogens is 340 g/mol. The van der Waals surface area contributed by atoms with E-state index >= 15 is 0 Å². The number of hydrogen-bond donors (Lipinski definition) is 0. The molecule has 0 radical (unpaired) electrons. The molecule has 4 heteroatoms. The van der Waals surface area contributed by atoms with E-state index in [4.69, 9.17) is 4.74 Å². The fraction of sp³-hybridized carbons (Fsp3) is 0.222. The van der Waals surface area contributed by atoms with Gasteiger partial charge in [-0.25, -0.2) is 4.98 Å². The number of hydrogen-bond acceptors (Lipinski definition) is 3. The molecular formula is C18H17BrN2O. The van der Waals surface area contributed by atoms with Crippen LogP contribution in [0.4, 0.5) is 0 Å². The molecule has 3 rings (SSSR count). The Labute approximate surface area is 138 Å². The molecule has 112 valence electrons. The predicted octanol–water partition coefficient (Wildman–Crippen LogP) is 5.09. The Morgan fingerprint density at radius 1 is 1.05 bits per heavy atom. The largest absolute Gasteiger partial charge is 0.472 e. The minimum atomic E-state index is 0.257. The van der Waals surface area contributed by atoms with Crippen LogP contribution in [-0.4, -0.2) is 9.97 Å². The molecule has 0 aliphatic heterocycles. The smallest absolute Gasteiger partial charge is 0.225 e. The van der Waals surface area contributed by atoms with E-state index < -0.39 is 0 Å². The molecule has 0 fully saturated rings. The third-order valence-electron chi connectivity index (χ3n) is 3.37. The van der Waals surface area contributed by atoms with Crippen molar-refractivity contribution >= 4 is 26.8 Å². The van der Waals surface area contributed by atoms with Crippen molar-refractivity contribution in [2.24, 2.45) is 0 Å². The van der Waals surface area contributed by atoms with E-state index in [-0.39, 0.29) is 5.92 Å². The maximum Gasteiger partial charge on any atom is 0.225 e. The maximum absolute atomic E-state index is 5.98. The molecule has 0 bridgehead atoms. The zero-order chi connectivity index (χ0) is 15.5. The highest BCUT2D eigenvalue weighted by atomic mass is 79.9. The molecule has 2 aromatic carbocycles. The van der Waals surface area contributed by atoms with Gasteiger partial charge in [-0.15, -0.1) is 0 Å². The van der Waals surface area contributed by atoms with Crippen molar-refractivity contribution in [1.82, 2.24) is 9.97 Å². The molecule has 0 N–H and O–H groups in total. The van der Waals surface area contributed by atoms with Crippen molar-refractivity contribution in [3.8, 4) is 5.88 Å². The van der Waals surface area contributed by atoms with Crippen molar-refractivity contribution in [3.63, 3.8) is 0 Å². The van der Waals surface area contributed by atoms with Crippen molar-refractivity contribution < 1.29 is 4.74 Å². The summed E-state index contributed by atoms with van der Waals surface area (Å²) < 4.78 is 6.97. The van der Waals surface area contributed by atoms with Gasteiger partial charge in [-0.3, -0.25) is 0 Å². The highest BCUT2D eigenvalue weighted by Gasteiger charge is 2.12. The Hall–Kier alpha value is -1.94. The van der Waals surface area contributed by atoms with E-state index in [1.807, 2.05) is 48.5 Å². The molecule has 0 saturated carbocycles. The highest BCUT2D eigenvalue weighted by molar-refractivity contribution is 9.10. The van der Waals surface area contributed by atoms with Gasteiger partial charge in [0.1, 0.15) is 12.4 Å². The van der Waals surface area contributed by atoms with Gasteiger partial charge in [0.05, 0.1) is 10.9 Å². The third-order valence-corrected chi connectivity index (χ3v) is 3.87. The zero-order valence-electron chi connectivity index (χ0n) is 12.6. The summed E-state index contributed by atoms with van der Waals surface area (Å²) in [5.41, 5.74) is 2.03. The van der Waals surface area contributed by atoms with Gasteiger partial charge in [0.2, 0.25) is 5.88 Å². The number of aromatic nitrogens is 2. The van der Waals surface area contributed by atoms with E-state index in [0.29, 0.717) is 12.5 Å². The van der Waals surface area contributed by atoms with Crippen LogP contribution in [0, 0.1) is 0 Å². The van der Waals surface area contributed by atoms with Crippen molar-refractivity contribution in [2.75, 3.05) is 0 Å². The fourth-order valence-electron chi connectivity index (χ4n) is 2.18. The Balaban J connectivity index is 2.00. The number of halogens is 1. The summed E-state index contributed by atoms with van der Waals surface area (Å²) in [6.45, 7) is 4.67. The summed E-state index contributed by atoms with van der Waals surface area (Å²) in [5, 5.41) is 0.926. The molecule has 0 amide bonds. The molecule has 3 nitrogen and oxygen atoms in total. The lowest BCUT2D eigenvalue weighted by Gasteiger charge is -2.12. The average molecular weight is 357 g/mol. The van der Waals surface area contributed by atoms with Gasteiger partial charge in [-0.1, -0.05) is 60.1 Å². The first kappa shape index (κ1) is 15.0. The molecule has 0 spiro atoms. The van der Waals surface area contributed by atoms with E-state index in [2.05, 4.69) is 39.7 Å². The highest BCUT2D eigenvalue weighted by Crippen LogP contribution is 2.28. The first-order valence-corrected chi connectivity index (χ1v) is 8.06. The van der Waals surface area contributed by atoms with E-state index in [9.17, 15) is 0 Å². The third kappa shape index (κ3) is 3.28. The quantitative estimate of drug-likeness (QED) is 0.652. The molecule has 1 heterocycles. The lowest BCUT2D eigenvalue weighted by molar-refractivity contribution is 0.296. The molecule has 22 heavy (non-hydrogen) atoms. The van der Waals surface area contributed by atoms with Gasteiger partial charge in [0.15, 0.2) is 0 Å². The van der Waals surface area contributed by atoms with Crippen LogP contribution in [0.3, 0.4) is 0 Å². The minimum Gasteiger partial charge on any atom is -0.472 e. The summed E-state index contributed by atoms with van der Waals surface area (Å²) in [6.07, 6.45) is 0. The number of fused-ring (bicyclic) bond motifs is 1. The molecule has 0 unspecified atom stereocenters. The SMILES string of the molecule is CC(C)c1nc(OCc2ccccc2)c2cc(Br)ccc2n1. The van der Waals surface area contributed by atoms with Gasteiger partial charge in [0.25, 0.3) is 0 Å². The first-order valence-electron chi connectivity index (χ1n) is 7.27. The summed E-state index contributed by atoms with van der Waals surface area (Å²) in [4.78, 5) is 9.22. The number of ether oxygens (including phenoxy) is 1. The van der Waals surface area contributed by atoms with Crippen LogP contribution >= 0.6 is 15.9 Å². The van der Waals surface area contributed by atoms with Gasteiger partial charge in [0, 0.05) is 10.4 Å². The number of nitrogens with zero attached hydrogens (tertiary/aromatic N) is 2. The van der Waals surface area contributed by atoms with Crippen molar-refractivity contribution in [2.45, 2.75) is 26.4 Å². The van der Waals surface area contributed by atoms with Crippen LogP contribution in [0.2, 0.25) is 0 Å². The van der Waals surface area contributed by atoms with Crippen LogP contribution in [0.15, 0.2) is 53.0 Å². The van der Waals surface area contributed by atoms with Gasteiger partial charge in [-0.2, -0.15) is 4.98 Å². The standard InChI is InChI=1S/C18H17BrN2O/c1-12(2)17-20-16-9-8-14(19)10-15(16)18(21-17)22-11-13-6-4-3-5-7-13/h3-10,12H,11H2,1-2H3. The van der Waals surface area contributed by atoms with E-state index in [1.165, 1.54) is 0 Å². The van der Waals surface area contributed by atoms with Crippen LogP contribution in [-0.2, 0) is 6.61 Å². The van der Waals surface area contributed by atoms with Crippen LogP contribution in [0.25, 0.3) is 10.9 Å². The number of rotatable bonds is 4. The van der Waals surface area contributed by atoms with E-state index in [1.54, 1.807) is 0 Å². The summed E-state index contributed by atoms with van der Waals surface area (Å²) >= 11 is 3.50. The maximum atomic E-state index is 5.98. The second-order valence-electron chi connectivity index (χ2n) is 5.48. The van der Waals surface area contributed by atoms with Gasteiger partial charge < -0.3 is 4.74 Å². The molecule has 0 saturated heterocycles. The number of benzene rings is 2. The summed E-state index contributed by atoms with van der Waals surface area (Å²) in [7, 11) is 0. The lowest BCUT2D eigenvalue weighted by atomic mass is 10.2. The molecule has 0 aliphatic carbocycles. The molecule has 0 aliphatic rings. The van der Waals surface area contributed by atoms with Crippen LogP contribution in [0.1, 0.15) is 31.2 Å². The van der Waals surface area contributed by atoms with Crippen molar-refractivity contribution in [3.05, 3.63) is 64.4 Å². The van der Waals surface area contributed by atoms with Crippen molar-refractivity contribution in [1.29, 1.82) is 0 Å². The average Bonchev–Trinajstić information content (AvgIpc) is 2.53. The van der Waals surface area contributed by atoms with Crippen LogP contribution < -0.4 is 4.74 Å². The Kier molecular flexibility index (Phi) is 4.39. The van der Waals surface area contributed by atoms with Gasteiger partial charge in [-0.05, 0) is 23.8 Å². The predicted molar refractivity (Wildman–Crippen MR) is 92.1 cm³/mol.